The topological polar surface area (TPSA) is 52.5 Å². The van der Waals surface area contributed by atoms with Crippen LogP contribution in [0.4, 0.5) is 0 Å². The predicted molar refractivity (Wildman–Crippen MR) is 68.6 cm³/mol. The van der Waals surface area contributed by atoms with Crippen LogP contribution < -0.4 is 5.32 Å². The van der Waals surface area contributed by atoms with Crippen LogP contribution >= 0.6 is 0 Å². The lowest BCUT2D eigenvalue weighted by Gasteiger charge is -2.20. The van der Waals surface area contributed by atoms with Crippen molar-refractivity contribution in [1.29, 1.82) is 0 Å². The van der Waals surface area contributed by atoms with Crippen LogP contribution in [0.3, 0.4) is 0 Å². The first kappa shape index (κ1) is 15.9. The molecule has 0 saturated heterocycles. The van der Waals surface area contributed by atoms with Crippen molar-refractivity contribution in [2.24, 2.45) is 0 Å². The highest BCUT2D eigenvalue weighted by atomic mass is 16.3. The van der Waals surface area contributed by atoms with Gasteiger partial charge in [0.2, 0.25) is 0 Å². The van der Waals surface area contributed by atoms with Crippen LogP contribution in [0.5, 0.6) is 0 Å². The summed E-state index contributed by atoms with van der Waals surface area (Å²) in [6, 6.07) is 0. The summed E-state index contributed by atoms with van der Waals surface area (Å²) in [5, 5.41) is 21.5. The maximum absolute atomic E-state index is 9.51. The van der Waals surface area contributed by atoms with Crippen LogP contribution in [-0.2, 0) is 0 Å². The smallest absolute Gasteiger partial charge is 0.0972 e. The fraction of sp³-hybridized carbons (Fsp3) is 1.00. The molecule has 0 bridgehead atoms. The second-order valence-corrected chi connectivity index (χ2v) is 4.95. The van der Waals surface area contributed by atoms with E-state index in [0.717, 1.165) is 13.0 Å². The molecule has 0 aromatic rings. The van der Waals surface area contributed by atoms with Gasteiger partial charge in [-0.15, -0.1) is 0 Å². The molecule has 0 aromatic carbocycles. The summed E-state index contributed by atoms with van der Waals surface area (Å²) in [6.45, 7) is 5.10. The van der Waals surface area contributed by atoms with Gasteiger partial charge in [0.1, 0.15) is 0 Å². The first-order valence-electron chi connectivity index (χ1n) is 6.66. The van der Waals surface area contributed by atoms with E-state index in [1.807, 2.05) is 0 Å². The number of rotatable bonds is 11. The van der Waals surface area contributed by atoms with Crippen LogP contribution in [0.15, 0.2) is 0 Å². The lowest BCUT2D eigenvalue weighted by atomic mass is 10.1. The minimum absolute atomic E-state index is 0.184. The van der Waals surface area contributed by atoms with E-state index in [4.69, 9.17) is 5.11 Å². The molecule has 0 aliphatic carbocycles. The molecule has 3 heteroatoms. The Morgan fingerprint density at radius 2 is 1.56 bits per heavy atom. The van der Waals surface area contributed by atoms with Crippen LogP contribution in [0.1, 0.15) is 58.8 Å². The van der Waals surface area contributed by atoms with Crippen molar-refractivity contribution < 1.29 is 10.2 Å². The molecule has 1 atom stereocenters. The molecule has 0 rings (SSSR count). The van der Waals surface area contributed by atoms with Gasteiger partial charge in [-0.3, -0.25) is 0 Å². The Kier molecular flexibility index (Phi) is 9.99. The summed E-state index contributed by atoms with van der Waals surface area (Å²) in [7, 11) is 0. The van der Waals surface area contributed by atoms with Crippen molar-refractivity contribution in [3.8, 4) is 0 Å². The maximum Gasteiger partial charge on any atom is 0.0972 e. The van der Waals surface area contributed by atoms with Gasteiger partial charge in [0.25, 0.3) is 0 Å². The molecule has 0 fully saturated rings. The van der Waals surface area contributed by atoms with E-state index in [1.165, 1.54) is 38.5 Å². The van der Waals surface area contributed by atoms with E-state index >= 15 is 0 Å². The van der Waals surface area contributed by atoms with E-state index in [-0.39, 0.29) is 6.61 Å². The molecule has 0 saturated carbocycles. The summed E-state index contributed by atoms with van der Waals surface area (Å²) < 4.78 is 0. The second kappa shape index (κ2) is 10.1. The van der Waals surface area contributed by atoms with Crippen molar-refractivity contribution in [2.75, 3.05) is 19.7 Å². The lowest BCUT2D eigenvalue weighted by molar-refractivity contribution is 0.00286. The zero-order valence-corrected chi connectivity index (χ0v) is 11.0. The Balaban J connectivity index is 3.10. The Bertz CT molecular complexity index is 149. The van der Waals surface area contributed by atoms with Crippen molar-refractivity contribution in [3.63, 3.8) is 0 Å². The van der Waals surface area contributed by atoms with E-state index in [2.05, 4.69) is 12.2 Å². The Hall–Kier alpha value is -0.120. The second-order valence-electron chi connectivity index (χ2n) is 4.95. The van der Waals surface area contributed by atoms with Gasteiger partial charge in [0.05, 0.1) is 12.2 Å². The summed E-state index contributed by atoms with van der Waals surface area (Å²) in [6.07, 6.45) is 9.12. The van der Waals surface area contributed by atoms with E-state index in [9.17, 15) is 5.11 Å². The minimum Gasteiger partial charge on any atom is -0.393 e. The van der Waals surface area contributed by atoms with Gasteiger partial charge in [-0.2, -0.15) is 0 Å². The van der Waals surface area contributed by atoms with Crippen LogP contribution in [0.25, 0.3) is 0 Å². The molecule has 0 spiro atoms. The van der Waals surface area contributed by atoms with Gasteiger partial charge in [0, 0.05) is 6.54 Å². The highest BCUT2D eigenvalue weighted by molar-refractivity contribution is 4.73. The minimum atomic E-state index is -0.971. The standard InChI is InChI=1S/C13H29NO2/c1-3-4-5-6-7-8-9-10-14-11-13(2,16)12-15/h14-16H,3-12H2,1-2H3. The first-order valence-corrected chi connectivity index (χ1v) is 6.66. The molecule has 16 heavy (non-hydrogen) atoms. The normalized spacial score (nSPS) is 15.0. The Morgan fingerprint density at radius 3 is 2.12 bits per heavy atom. The van der Waals surface area contributed by atoms with Gasteiger partial charge < -0.3 is 15.5 Å². The highest BCUT2D eigenvalue weighted by Crippen LogP contribution is 2.06. The molecular weight excluding hydrogens is 202 g/mol. The van der Waals surface area contributed by atoms with Gasteiger partial charge >= 0.3 is 0 Å². The molecule has 0 radical (unpaired) electrons. The molecule has 98 valence electrons. The summed E-state index contributed by atoms with van der Waals surface area (Å²) in [5.41, 5.74) is -0.971. The van der Waals surface area contributed by atoms with Crippen molar-refractivity contribution in [3.05, 3.63) is 0 Å². The molecule has 0 heterocycles. The number of hydrogen-bond donors (Lipinski definition) is 3. The van der Waals surface area contributed by atoms with Crippen LogP contribution in [-0.4, -0.2) is 35.5 Å². The fourth-order valence-corrected chi connectivity index (χ4v) is 1.62. The van der Waals surface area contributed by atoms with E-state index < -0.39 is 5.60 Å². The first-order chi connectivity index (χ1) is 7.62. The van der Waals surface area contributed by atoms with Gasteiger partial charge in [0.15, 0.2) is 0 Å². The maximum atomic E-state index is 9.51. The van der Waals surface area contributed by atoms with Crippen molar-refractivity contribution in [1.82, 2.24) is 5.32 Å². The number of hydrogen-bond acceptors (Lipinski definition) is 3. The molecule has 0 aliphatic heterocycles. The number of unbranched alkanes of at least 4 members (excludes halogenated alkanes) is 6. The average molecular weight is 231 g/mol. The van der Waals surface area contributed by atoms with Crippen LogP contribution in [0.2, 0.25) is 0 Å². The SMILES string of the molecule is CCCCCCCCCNCC(C)(O)CO. The highest BCUT2D eigenvalue weighted by Gasteiger charge is 2.17. The van der Waals surface area contributed by atoms with E-state index in [0.29, 0.717) is 6.54 Å². The third kappa shape index (κ3) is 10.4. The quantitative estimate of drug-likeness (QED) is 0.477. The van der Waals surface area contributed by atoms with Gasteiger partial charge in [-0.05, 0) is 19.9 Å². The zero-order chi connectivity index (χ0) is 12.3. The molecule has 3 nitrogen and oxygen atoms in total. The zero-order valence-electron chi connectivity index (χ0n) is 11.0. The van der Waals surface area contributed by atoms with E-state index in [1.54, 1.807) is 6.92 Å². The number of nitrogens with one attached hydrogen (secondary N) is 1. The van der Waals surface area contributed by atoms with Crippen molar-refractivity contribution in [2.45, 2.75) is 64.4 Å². The number of aliphatic hydroxyl groups is 2. The Morgan fingerprint density at radius 1 is 1.00 bits per heavy atom. The van der Waals surface area contributed by atoms with Crippen LogP contribution in [0, 0.1) is 0 Å². The summed E-state index contributed by atoms with van der Waals surface area (Å²) in [5.74, 6) is 0. The molecule has 0 amide bonds. The molecule has 0 aliphatic rings. The molecule has 3 N–H and O–H groups in total. The monoisotopic (exact) mass is 231 g/mol. The van der Waals surface area contributed by atoms with Crippen molar-refractivity contribution >= 4 is 0 Å². The lowest BCUT2D eigenvalue weighted by Crippen LogP contribution is -2.41. The third-order valence-corrected chi connectivity index (χ3v) is 2.80. The molecular formula is C13H29NO2. The predicted octanol–water partition coefficient (Wildman–Crippen LogP) is 2.07. The largest absolute Gasteiger partial charge is 0.393 e. The van der Waals surface area contributed by atoms with Gasteiger partial charge in [-0.25, -0.2) is 0 Å². The van der Waals surface area contributed by atoms with Gasteiger partial charge in [-0.1, -0.05) is 45.4 Å². The third-order valence-electron chi connectivity index (χ3n) is 2.80. The summed E-state index contributed by atoms with van der Waals surface area (Å²) in [4.78, 5) is 0. The summed E-state index contributed by atoms with van der Waals surface area (Å²) >= 11 is 0. The molecule has 1 unspecified atom stereocenters. The number of aliphatic hydroxyl groups excluding tert-OH is 1. The fourth-order valence-electron chi connectivity index (χ4n) is 1.62. The Labute approximate surface area is 100 Å². The molecule has 0 aromatic heterocycles. The average Bonchev–Trinajstić information content (AvgIpc) is 2.27.